The Balaban J connectivity index is 1.77. The summed E-state index contributed by atoms with van der Waals surface area (Å²) in [6.45, 7) is 3.95. The predicted octanol–water partition coefficient (Wildman–Crippen LogP) is 3.36. The lowest BCUT2D eigenvalue weighted by Gasteiger charge is -2.29. The Hall–Kier alpha value is -3.20. The third-order valence-corrected chi connectivity index (χ3v) is 6.20. The summed E-state index contributed by atoms with van der Waals surface area (Å²) in [7, 11) is -2.51. The first-order valence-corrected chi connectivity index (χ1v) is 11.2. The van der Waals surface area contributed by atoms with E-state index in [1.807, 2.05) is 13.8 Å². The molecular weight excluding hydrogens is 418 g/mol. The molecule has 1 fully saturated rings. The van der Waals surface area contributed by atoms with E-state index in [-0.39, 0.29) is 33.8 Å². The van der Waals surface area contributed by atoms with Gasteiger partial charge in [0, 0.05) is 24.1 Å². The highest BCUT2D eigenvalue weighted by Crippen LogP contribution is 2.31. The van der Waals surface area contributed by atoms with Crippen LogP contribution < -0.4 is 14.9 Å². The number of rotatable bonds is 6. The predicted molar refractivity (Wildman–Crippen MR) is 118 cm³/mol. The monoisotopic (exact) mass is 443 g/mol. The van der Waals surface area contributed by atoms with Crippen LogP contribution >= 0.6 is 0 Å². The molecule has 164 valence electrons. The second-order valence-electron chi connectivity index (χ2n) is 8.19. The molecule has 1 amide bonds. The maximum absolute atomic E-state index is 12.8. The smallest absolute Gasteiger partial charge is 0.271 e. The largest absolute Gasteiger partial charge is 0.495 e. The standard InChI is InChI=1S/C22H25N3O5S/c1-22(2)13-16(12-17(26)14-22)23-24-21(27)15-7-6-8-18(11-15)31(28,29)25-19-9-4-5-10-20(19)30-3/h4-11,25H,12-14H2,1-3H3,(H,24,27)/b23-16-. The summed E-state index contributed by atoms with van der Waals surface area (Å²) in [4.78, 5) is 24.3. The Morgan fingerprint density at radius 1 is 1.10 bits per heavy atom. The van der Waals surface area contributed by atoms with Gasteiger partial charge in [-0.15, -0.1) is 0 Å². The molecule has 2 aromatic carbocycles. The van der Waals surface area contributed by atoms with Crippen LogP contribution in [0.4, 0.5) is 5.69 Å². The topological polar surface area (TPSA) is 114 Å². The van der Waals surface area contributed by atoms with Crippen LogP contribution in [0.1, 0.15) is 43.5 Å². The highest BCUT2D eigenvalue weighted by atomic mass is 32.2. The van der Waals surface area contributed by atoms with Crippen molar-refractivity contribution in [2.75, 3.05) is 11.8 Å². The van der Waals surface area contributed by atoms with Gasteiger partial charge in [0.05, 0.1) is 17.7 Å². The summed E-state index contributed by atoms with van der Waals surface area (Å²) in [6.07, 6.45) is 1.30. The zero-order chi connectivity index (χ0) is 22.6. The zero-order valence-corrected chi connectivity index (χ0v) is 18.5. The van der Waals surface area contributed by atoms with Crippen LogP contribution in [-0.4, -0.2) is 32.9 Å². The number of hydrazone groups is 1. The average Bonchev–Trinajstić information content (AvgIpc) is 2.71. The SMILES string of the molecule is COc1ccccc1NS(=O)(=O)c1cccc(C(=O)N/N=C2/CC(=O)CC(C)(C)C2)c1. The van der Waals surface area contributed by atoms with Gasteiger partial charge in [-0.2, -0.15) is 5.10 Å². The molecule has 0 spiro atoms. The number of nitrogens with one attached hydrogen (secondary N) is 2. The lowest BCUT2D eigenvalue weighted by Crippen LogP contribution is -2.31. The van der Waals surface area contributed by atoms with Gasteiger partial charge in [0.25, 0.3) is 15.9 Å². The van der Waals surface area contributed by atoms with Crippen LogP contribution in [0.15, 0.2) is 58.5 Å². The van der Waals surface area contributed by atoms with Gasteiger partial charge in [-0.25, -0.2) is 13.8 Å². The third kappa shape index (κ3) is 5.69. The van der Waals surface area contributed by atoms with Crippen molar-refractivity contribution in [3.8, 4) is 5.75 Å². The van der Waals surface area contributed by atoms with Crippen molar-refractivity contribution in [1.29, 1.82) is 0 Å². The highest BCUT2D eigenvalue weighted by Gasteiger charge is 2.30. The molecule has 9 heteroatoms. The van der Waals surface area contributed by atoms with E-state index in [2.05, 4.69) is 15.2 Å². The molecular formula is C22H25N3O5S. The number of hydrogen-bond acceptors (Lipinski definition) is 6. The number of ketones is 1. The van der Waals surface area contributed by atoms with E-state index in [1.54, 1.807) is 24.3 Å². The summed E-state index contributed by atoms with van der Waals surface area (Å²) >= 11 is 0. The molecule has 1 aliphatic carbocycles. The molecule has 0 bridgehead atoms. The number of benzene rings is 2. The number of carbonyl (C=O) groups excluding carboxylic acids is 2. The van der Waals surface area contributed by atoms with E-state index in [0.717, 1.165) is 0 Å². The van der Waals surface area contributed by atoms with Gasteiger partial charge in [0.2, 0.25) is 0 Å². The van der Waals surface area contributed by atoms with Crippen molar-refractivity contribution in [3.05, 3.63) is 54.1 Å². The summed E-state index contributed by atoms with van der Waals surface area (Å²) in [5.41, 5.74) is 3.27. The fourth-order valence-electron chi connectivity index (χ4n) is 3.51. The Morgan fingerprint density at radius 3 is 2.55 bits per heavy atom. The fraction of sp³-hybridized carbons (Fsp3) is 0.318. The van der Waals surface area contributed by atoms with Crippen LogP contribution in [0, 0.1) is 5.41 Å². The summed E-state index contributed by atoms with van der Waals surface area (Å²) in [6, 6.07) is 12.3. The zero-order valence-electron chi connectivity index (χ0n) is 17.6. The quantitative estimate of drug-likeness (QED) is 0.665. The van der Waals surface area contributed by atoms with E-state index in [4.69, 9.17) is 4.74 Å². The number of para-hydroxylation sites is 2. The first-order valence-electron chi connectivity index (χ1n) is 9.73. The van der Waals surface area contributed by atoms with Crippen LogP contribution in [0.25, 0.3) is 0 Å². The van der Waals surface area contributed by atoms with Crippen molar-refractivity contribution in [3.63, 3.8) is 0 Å². The second kappa shape index (κ2) is 8.89. The second-order valence-corrected chi connectivity index (χ2v) is 9.87. The molecule has 8 nitrogen and oxygen atoms in total. The van der Waals surface area contributed by atoms with Gasteiger partial charge >= 0.3 is 0 Å². The van der Waals surface area contributed by atoms with E-state index in [0.29, 0.717) is 24.3 Å². The minimum Gasteiger partial charge on any atom is -0.495 e. The van der Waals surface area contributed by atoms with Gasteiger partial charge in [0.15, 0.2) is 0 Å². The van der Waals surface area contributed by atoms with Crippen LogP contribution in [0.5, 0.6) is 5.75 Å². The molecule has 3 rings (SSSR count). The Kier molecular flexibility index (Phi) is 6.45. The average molecular weight is 444 g/mol. The molecule has 0 unspecified atom stereocenters. The molecule has 0 atom stereocenters. The molecule has 0 heterocycles. The normalized spacial score (nSPS) is 17.3. The first kappa shape index (κ1) is 22.5. The maximum atomic E-state index is 12.8. The number of hydrogen-bond donors (Lipinski definition) is 2. The molecule has 2 aromatic rings. The summed E-state index contributed by atoms with van der Waals surface area (Å²) < 4.78 is 33.2. The maximum Gasteiger partial charge on any atom is 0.271 e. The van der Waals surface area contributed by atoms with Crippen LogP contribution in [0.3, 0.4) is 0 Å². The van der Waals surface area contributed by atoms with E-state index < -0.39 is 15.9 Å². The number of ether oxygens (including phenoxy) is 1. The van der Waals surface area contributed by atoms with E-state index >= 15 is 0 Å². The van der Waals surface area contributed by atoms with Crippen molar-refractivity contribution in [2.24, 2.45) is 10.5 Å². The number of anilines is 1. The lowest BCUT2D eigenvalue weighted by atomic mass is 9.76. The minimum absolute atomic E-state index is 0.0762. The van der Waals surface area contributed by atoms with Gasteiger partial charge in [-0.3, -0.25) is 14.3 Å². The van der Waals surface area contributed by atoms with Crippen molar-refractivity contribution >= 4 is 33.1 Å². The molecule has 0 aromatic heterocycles. The number of nitrogens with zero attached hydrogens (tertiary/aromatic N) is 1. The Labute approximate surface area is 181 Å². The number of methoxy groups -OCH3 is 1. The van der Waals surface area contributed by atoms with Gasteiger partial charge in [-0.1, -0.05) is 32.0 Å². The van der Waals surface area contributed by atoms with Crippen LogP contribution in [0.2, 0.25) is 0 Å². The Bertz CT molecular complexity index is 1140. The number of amides is 1. The Morgan fingerprint density at radius 2 is 1.84 bits per heavy atom. The van der Waals surface area contributed by atoms with E-state index in [1.165, 1.54) is 31.4 Å². The third-order valence-electron chi connectivity index (χ3n) is 4.83. The summed E-state index contributed by atoms with van der Waals surface area (Å²) in [5.74, 6) is -0.0989. The van der Waals surface area contributed by atoms with E-state index in [9.17, 15) is 18.0 Å². The van der Waals surface area contributed by atoms with Crippen LogP contribution in [-0.2, 0) is 14.8 Å². The molecule has 2 N–H and O–H groups in total. The highest BCUT2D eigenvalue weighted by molar-refractivity contribution is 7.92. The lowest BCUT2D eigenvalue weighted by molar-refractivity contribution is -0.120. The van der Waals surface area contributed by atoms with Gasteiger partial charge in [-0.05, 0) is 42.2 Å². The number of carbonyl (C=O) groups is 2. The number of sulfonamides is 1. The fourth-order valence-corrected chi connectivity index (χ4v) is 4.63. The summed E-state index contributed by atoms with van der Waals surface area (Å²) in [5, 5.41) is 4.10. The molecule has 0 radical (unpaired) electrons. The van der Waals surface area contributed by atoms with Crippen molar-refractivity contribution in [2.45, 2.75) is 38.0 Å². The van der Waals surface area contributed by atoms with Crippen molar-refractivity contribution in [1.82, 2.24) is 5.43 Å². The number of Topliss-reactive ketones (excluding diaryl/α,β-unsaturated/α-hetero) is 1. The molecule has 1 saturated carbocycles. The minimum atomic E-state index is -3.95. The van der Waals surface area contributed by atoms with Gasteiger partial charge < -0.3 is 4.74 Å². The first-order chi connectivity index (χ1) is 14.6. The molecule has 0 saturated heterocycles. The molecule has 0 aliphatic heterocycles. The van der Waals surface area contributed by atoms with Gasteiger partial charge in [0.1, 0.15) is 11.5 Å². The van der Waals surface area contributed by atoms with Crippen molar-refractivity contribution < 1.29 is 22.7 Å². The molecule has 1 aliphatic rings. The molecule has 31 heavy (non-hydrogen) atoms.